The highest BCUT2D eigenvalue weighted by Crippen LogP contribution is 2.59. The molecule has 1 saturated heterocycles. The summed E-state index contributed by atoms with van der Waals surface area (Å²) >= 11 is 3.36. The summed E-state index contributed by atoms with van der Waals surface area (Å²) in [6.45, 7) is 3.62. The summed E-state index contributed by atoms with van der Waals surface area (Å²) < 4.78 is 2.21. The minimum atomic E-state index is -0.734. The monoisotopic (exact) mass is 618 g/mol. The van der Waals surface area contributed by atoms with Gasteiger partial charge in [-0.05, 0) is 65.7 Å². The second-order valence-corrected chi connectivity index (χ2v) is 12.1. The maximum Gasteiger partial charge on any atom is 0.248 e. The summed E-state index contributed by atoms with van der Waals surface area (Å²) in [4.78, 5) is 58.9. The Balaban J connectivity index is 1.38. The maximum absolute atomic E-state index is 14.1. The number of allylic oxidation sites excluding steroid dienone is 1. The van der Waals surface area contributed by atoms with Crippen molar-refractivity contribution in [2.24, 2.45) is 5.41 Å². The number of nitrogens with zero attached hydrogens (tertiary/aromatic N) is 4. The lowest BCUT2D eigenvalue weighted by Gasteiger charge is -2.27. The van der Waals surface area contributed by atoms with Gasteiger partial charge in [-0.15, -0.1) is 0 Å². The highest BCUT2D eigenvalue weighted by atomic mass is 79.9. The average Bonchev–Trinajstić information content (AvgIpc) is 3.34. The number of carbonyl (C=O) groups excluding carboxylic acids is 4. The van der Waals surface area contributed by atoms with Gasteiger partial charge in [-0.2, -0.15) is 5.10 Å². The molecule has 3 amide bonds. The van der Waals surface area contributed by atoms with Crippen molar-refractivity contribution in [3.05, 3.63) is 63.9 Å². The number of aryl methyl sites for hydroxylation is 2. The number of halogens is 1. The molecule has 3 aromatic rings. The lowest BCUT2D eigenvalue weighted by molar-refractivity contribution is -0.138. The molecule has 41 heavy (non-hydrogen) atoms. The first-order chi connectivity index (χ1) is 19.7. The van der Waals surface area contributed by atoms with E-state index < -0.39 is 6.04 Å². The van der Waals surface area contributed by atoms with E-state index in [9.17, 15) is 19.2 Å². The molecule has 2 bridgehead atoms. The summed E-state index contributed by atoms with van der Waals surface area (Å²) in [5.41, 5.74) is 2.47. The summed E-state index contributed by atoms with van der Waals surface area (Å²) in [6, 6.07) is 8.46. The summed E-state index contributed by atoms with van der Waals surface area (Å²) in [5.74, 6) is -0.398. The van der Waals surface area contributed by atoms with Crippen molar-refractivity contribution in [2.45, 2.75) is 64.6 Å². The van der Waals surface area contributed by atoms with Gasteiger partial charge in [-0.25, -0.2) is 4.98 Å². The number of piperidine rings is 1. The number of amides is 3. The van der Waals surface area contributed by atoms with Crippen molar-refractivity contribution >= 4 is 56.2 Å². The van der Waals surface area contributed by atoms with Crippen molar-refractivity contribution in [1.82, 2.24) is 25.0 Å². The van der Waals surface area contributed by atoms with E-state index in [2.05, 4.69) is 36.6 Å². The van der Waals surface area contributed by atoms with Gasteiger partial charge < -0.3 is 15.5 Å². The summed E-state index contributed by atoms with van der Waals surface area (Å²) in [5, 5.41) is 11.3. The van der Waals surface area contributed by atoms with Gasteiger partial charge in [0, 0.05) is 36.7 Å². The zero-order valence-corrected chi connectivity index (χ0v) is 24.5. The number of hydrogen-bond donors (Lipinski definition) is 2. The molecule has 1 aromatic carbocycles. The van der Waals surface area contributed by atoms with Crippen molar-refractivity contribution in [1.29, 1.82) is 0 Å². The van der Waals surface area contributed by atoms with Crippen LogP contribution in [0.15, 0.2) is 47.1 Å². The molecule has 212 valence electrons. The van der Waals surface area contributed by atoms with Crippen LogP contribution < -0.4 is 10.6 Å². The van der Waals surface area contributed by atoms with E-state index in [0.29, 0.717) is 53.7 Å². The molecule has 2 fully saturated rings. The molecule has 2 N–H and O–H groups in total. The Morgan fingerprint density at radius 3 is 2.78 bits per heavy atom. The third-order valence-electron chi connectivity index (χ3n) is 8.47. The Kier molecular flexibility index (Phi) is 7.01. The van der Waals surface area contributed by atoms with Crippen molar-refractivity contribution in [3.8, 4) is 0 Å². The van der Waals surface area contributed by atoms with Gasteiger partial charge in [0.15, 0.2) is 5.78 Å². The number of anilines is 1. The van der Waals surface area contributed by atoms with Crippen molar-refractivity contribution < 1.29 is 19.2 Å². The molecule has 10 nitrogen and oxygen atoms in total. The highest BCUT2D eigenvalue weighted by molar-refractivity contribution is 9.10. The van der Waals surface area contributed by atoms with Gasteiger partial charge in [0.2, 0.25) is 17.7 Å². The Morgan fingerprint density at radius 2 is 1.98 bits per heavy atom. The second-order valence-electron chi connectivity index (χ2n) is 11.3. The topological polar surface area (TPSA) is 126 Å². The van der Waals surface area contributed by atoms with Crippen LogP contribution in [0.3, 0.4) is 0 Å². The van der Waals surface area contributed by atoms with E-state index in [1.807, 2.05) is 43.3 Å². The molecule has 11 heteroatoms. The van der Waals surface area contributed by atoms with Gasteiger partial charge in [-0.1, -0.05) is 36.4 Å². The summed E-state index contributed by atoms with van der Waals surface area (Å²) in [6.07, 6.45) is 6.61. The Labute approximate surface area is 245 Å². The number of pyridine rings is 1. The van der Waals surface area contributed by atoms with E-state index in [0.717, 1.165) is 16.6 Å². The van der Waals surface area contributed by atoms with Gasteiger partial charge >= 0.3 is 0 Å². The molecule has 6 rings (SSSR count). The lowest BCUT2D eigenvalue weighted by atomic mass is 9.98. The normalized spacial score (nSPS) is 25.0. The molecule has 1 saturated carbocycles. The Bertz CT molecular complexity index is 1630. The number of aromatic nitrogens is 3. The van der Waals surface area contributed by atoms with Crippen molar-refractivity contribution in [2.75, 3.05) is 11.9 Å². The number of hydrogen-bond acceptors (Lipinski definition) is 6. The summed E-state index contributed by atoms with van der Waals surface area (Å²) in [7, 11) is 0. The molecule has 0 spiro atoms. The Morgan fingerprint density at radius 1 is 1.15 bits per heavy atom. The minimum Gasteiger partial charge on any atom is -0.355 e. The smallest absolute Gasteiger partial charge is 0.248 e. The fourth-order valence-electron chi connectivity index (χ4n) is 6.29. The first kappa shape index (κ1) is 27.3. The lowest BCUT2D eigenvalue weighted by Crippen LogP contribution is -2.47. The van der Waals surface area contributed by atoms with Crippen LogP contribution in [-0.2, 0) is 27.3 Å². The van der Waals surface area contributed by atoms with Gasteiger partial charge in [0.25, 0.3) is 0 Å². The molecule has 1 aliphatic carbocycles. The van der Waals surface area contributed by atoms with E-state index in [-0.39, 0.29) is 47.9 Å². The second kappa shape index (κ2) is 10.5. The van der Waals surface area contributed by atoms with Crippen LogP contribution in [0, 0.1) is 12.3 Å². The molecule has 2 aromatic heterocycles. The molecule has 0 unspecified atom stereocenters. The first-order valence-electron chi connectivity index (χ1n) is 13.8. The number of carbonyl (C=O) groups is 4. The fraction of sp³-hybridized carbons (Fsp3) is 0.400. The van der Waals surface area contributed by atoms with E-state index >= 15 is 0 Å². The molecule has 3 atom stereocenters. The van der Waals surface area contributed by atoms with Crippen molar-refractivity contribution in [3.63, 3.8) is 0 Å². The van der Waals surface area contributed by atoms with Crippen LogP contribution in [0.2, 0.25) is 0 Å². The maximum atomic E-state index is 14.1. The average molecular weight is 620 g/mol. The van der Waals surface area contributed by atoms with Crippen LogP contribution >= 0.6 is 15.9 Å². The van der Waals surface area contributed by atoms with Crippen LogP contribution in [0.1, 0.15) is 54.2 Å². The molecule has 3 aliphatic rings. The molecule has 2 aliphatic heterocycles. The van der Waals surface area contributed by atoms with Gasteiger partial charge in [0.05, 0.1) is 5.52 Å². The first-order valence-corrected chi connectivity index (χ1v) is 14.6. The molecular formula is C30H31BrN6O4. The van der Waals surface area contributed by atoms with Crippen LogP contribution in [0.25, 0.3) is 10.9 Å². The van der Waals surface area contributed by atoms with Crippen LogP contribution in [-0.4, -0.2) is 61.8 Å². The SMILES string of the molecule is CC(=O)c1nn2c3c(cccc13)CC/C=C/CC(=O)NC[C@@]13C[C@@H](C(=O)Nc4nc(Br)ccc4C)N(C(=O)C2)[C@@H]1C3. The molecular weight excluding hydrogens is 588 g/mol. The zero-order valence-electron chi connectivity index (χ0n) is 22.9. The quantitative estimate of drug-likeness (QED) is 0.262. The molecule has 4 heterocycles. The third-order valence-corrected chi connectivity index (χ3v) is 8.91. The van der Waals surface area contributed by atoms with Crippen LogP contribution in [0.5, 0.6) is 0 Å². The largest absolute Gasteiger partial charge is 0.355 e. The number of rotatable bonds is 3. The third kappa shape index (κ3) is 5.07. The predicted molar refractivity (Wildman–Crippen MR) is 156 cm³/mol. The number of benzene rings is 1. The number of Topliss-reactive ketones (excluding diaryl/α,β-unsaturated/α-hetero) is 1. The van der Waals surface area contributed by atoms with E-state index in [4.69, 9.17) is 0 Å². The fourth-order valence-corrected chi connectivity index (χ4v) is 6.60. The number of ketones is 1. The van der Waals surface area contributed by atoms with Gasteiger partial charge in [-0.3, -0.25) is 23.9 Å². The van der Waals surface area contributed by atoms with Crippen LogP contribution in [0.4, 0.5) is 5.82 Å². The highest BCUT2D eigenvalue weighted by Gasteiger charge is 2.67. The molecule has 0 radical (unpaired) electrons. The standard InChI is InChI=1S/C30H31BrN6O4/c1-17-11-12-23(31)33-28(17)34-29(41)21-13-30-14-22(30)37(21)25(40)15-36-27-19(7-4-3-5-10-24(39)32-16-30)8-6-9-20(27)26(35-36)18(2)38/h3,5-6,8-9,11-12,21-22H,4,7,10,13-16H2,1-2H3,(H,32,39)(H,33,34,41)/b5-3+/t21-,22+,30-/m0/s1. The number of nitrogens with one attached hydrogen (secondary N) is 2. The minimum absolute atomic E-state index is 0.0839. The zero-order chi connectivity index (χ0) is 28.9. The van der Waals surface area contributed by atoms with E-state index in [1.54, 1.807) is 15.6 Å². The Hall–Kier alpha value is -3.86. The van der Waals surface area contributed by atoms with Gasteiger partial charge in [0.1, 0.15) is 28.7 Å². The van der Waals surface area contributed by atoms with E-state index in [1.165, 1.54) is 6.92 Å². The number of para-hydroxylation sites is 1. The predicted octanol–water partition coefficient (Wildman–Crippen LogP) is 3.71.